The van der Waals surface area contributed by atoms with E-state index in [4.69, 9.17) is 9.47 Å². The molecule has 0 bridgehead atoms. The van der Waals surface area contributed by atoms with Gasteiger partial charge in [-0.3, -0.25) is 0 Å². The van der Waals surface area contributed by atoms with Gasteiger partial charge in [-0.15, -0.1) is 0 Å². The maximum absolute atomic E-state index is 12.8. The van der Waals surface area contributed by atoms with Crippen molar-refractivity contribution < 1.29 is 23.8 Å². The van der Waals surface area contributed by atoms with Crippen LogP contribution < -0.4 is 0 Å². The molecule has 0 saturated heterocycles. The largest absolute Gasteiger partial charge is 0.498 e. The van der Waals surface area contributed by atoms with Crippen molar-refractivity contribution >= 4 is 5.97 Å². The highest BCUT2D eigenvalue weighted by Gasteiger charge is 2.13. The Hall–Kier alpha value is -1.88. The number of rotatable bonds is 7. The zero-order valence-electron chi connectivity index (χ0n) is 11.6. The summed E-state index contributed by atoms with van der Waals surface area (Å²) < 4.78 is 22.9. The fraction of sp³-hybridized carbons (Fsp3) is 0.400. The van der Waals surface area contributed by atoms with Crippen molar-refractivity contribution in [2.75, 3.05) is 13.2 Å². The lowest BCUT2D eigenvalue weighted by molar-refractivity contribution is -0.137. The molecule has 0 radical (unpaired) electrons. The molecule has 1 aromatic carbocycles. The molecule has 0 aliphatic rings. The van der Waals surface area contributed by atoms with Gasteiger partial charge in [0.2, 0.25) is 0 Å². The normalized spacial score (nSPS) is 12.9. The molecular weight excluding hydrogens is 263 g/mol. The Morgan fingerprint density at radius 1 is 1.25 bits per heavy atom. The third-order valence-corrected chi connectivity index (χ3v) is 2.54. The van der Waals surface area contributed by atoms with Crippen LogP contribution in [0.1, 0.15) is 31.9 Å². The number of ether oxygens (including phenoxy) is 2. The lowest BCUT2D eigenvalue weighted by Crippen LogP contribution is -2.06. The molecule has 5 heteroatoms. The topological polar surface area (TPSA) is 55.8 Å². The van der Waals surface area contributed by atoms with E-state index in [2.05, 4.69) is 0 Å². The van der Waals surface area contributed by atoms with Crippen LogP contribution in [0.4, 0.5) is 4.39 Å². The summed E-state index contributed by atoms with van der Waals surface area (Å²) in [5.74, 6) is -0.543. The highest BCUT2D eigenvalue weighted by Crippen LogP contribution is 2.22. The van der Waals surface area contributed by atoms with E-state index in [-0.39, 0.29) is 18.8 Å². The summed E-state index contributed by atoms with van der Waals surface area (Å²) >= 11 is 0. The number of hydrogen-bond donors (Lipinski definition) is 1. The van der Waals surface area contributed by atoms with E-state index < -0.39 is 12.1 Å². The van der Waals surface area contributed by atoms with Crippen molar-refractivity contribution in [3.63, 3.8) is 0 Å². The molecule has 0 fully saturated rings. The van der Waals surface area contributed by atoms with Gasteiger partial charge < -0.3 is 14.6 Å². The quantitative estimate of drug-likeness (QED) is 0.474. The van der Waals surface area contributed by atoms with Crippen LogP contribution in [-0.2, 0) is 14.3 Å². The summed E-state index contributed by atoms with van der Waals surface area (Å²) in [4.78, 5) is 11.4. The molecule has 1 aromatic rings. The van der Waals surface area contributed by atoms with Crippen LogP contribution >= 0.6 is 0 Å². The number of aliphatic hydroxyl groups excluding tert-OH is 1. The van der Waals surface area contributed by atoms with Crippen LogP contribution in [0.15, 0.2) is 36.1 Å². The Bertz CT molecular complexity index is 453. The number of esters is 1. The summed E-state index contributed by atoms with van der Waals surface area (Å²) in [6, 6.07) is 5.53. The van der Waals surface area contributed by atoms with E-state index in [1.165, 1.54) is 30.3 Å². The number of carbonyl (C=O) groups excluding carboxylic acids is 1. The van der Waals surface area contributed by atoms with Crippen molar-refractivity contribution in [1.82, 2.24) is 0 Å². The minimum Gasteiger partial charge on any atom is -0.498 e. The molecule has 1 N–H and O–H groups in total. The molecule has 0 aliphatic heterocycles. The first-order chi connectivity index (χ1) is 9.56. The summed E-state index contributed by atoms with van der Waals surface area (Å²) in [7, 11) is 0. The van der Waals surface area contributed by atoms with Gasteiger partial charge in [0.25, 0.3) is 0 Å². The van der Waals surface area contributed by atoms with E-state index in [9.17, 15) is 14.3 Å². The van der Waals surface area contributed by atoms with E-state index in [0.717, 1.165) is 0 Å². The summed E-state index contributed by atoms with van der Waals surface area (Å²) in [6.07, 6.45) is 0.473. The first kappa shape index (κ1) is 16.2. The van der Waals surface area contributed by atoms with Crippen LogP contribution in [0.25, 0.3) is 0 Å². The van der Waals surface area contributed by atoms with Crippen LogP contribution in [0.2, 0.25) is 0 Å². The number of benzene rings is 1. The molecule has 0 saturated carbocycles. The van der Waals surface area contributed by atoms with Gasteiger partial charge in [-0.2, -0.15) is 0 Å². The predicted octanol–water partition coefficient (Wildman–Crippen LogP) is 2.73. The van der Waals surface area contributed by atoms with Gasteiger partial charge >= 0.3 is 5.97 Å². The van der Waals surface area contributed by atoms with Crippen molar-refractivity contribution in [2.45, 2.75) is 26.4 Å². The van der Waals surface area contributed by atoms with Crippen molar-refractivity contribution in [2.24, 2.45) is 0 Å². The Kier molecular flexibility index (Phi) is 6.73. The molecular formula is C15H19FO4. The second kappa shape index (κ2) is 8.32. The monoisotopic (exact) mass is 282 g/mol. The summed E-state index contributed by atoms with van der Waals surface area (Å²) in [6.45, 7) is 4.14. The van der Waals surface area contributed by atoms with Crippen molar-refractivity contribution in [1.29, 1.82) is 0 Å². The maximum atomic E-state index is 12.8. The first-order valence-corrected chi connectivity index (χ1v) is 6.50. The average Bonchev–Trinajstić information content (AvgIpc) is 2.39. The SMILES string of the molecule is CCOC(=O)/C=C(/C[C@@H](O)c1ccc(F)cc1)OCC. The van der Waals surface area contributed by atoms with Gasteiger partial charge in [0.15, 0.2) is 0 Å². The van der Waals surface area contributed by atoms with Gasteiger partial charge in [-0.1, -0.05) is 12.1 Å². The van der Waals surface area contributed by atoms with Crippen LogP contribution in [0.3, 0.4) is 0 Å². The molecule has 1 rings (SSSR count). The van der Waals surface area contributed by atoms with Crippen molar-refractivity contribution in [3.8, 4) is 0 Å². The molecule has 0 aromatic heterocycles. The third kappa shape index (κ3) is 5.40. The van der Waals surface area contributed by atoms with Crippen LogP contribution in [0.5, 0.6) is 0 Å². The third-order valence-electron chi connectivity index (χ3n) is 2.54. The number of halogens is 1. The number of carbonyl (C=O) groups is 1. The zero-order valence-corrected chi connectivity index (χ0v) is 11.6. The average molecular weight is 282 g/mol. The number of aliphatic hydroxyl groups is 1. The molecule has 0 aliphatic carbocycles. The maximum Gasteiger partial charge on any atom is 0.334 e. The highest BCUT2D eigenvalue weighted by atomic mass is 19.1. The second-order valence-corrected chi connectivity index (χ2v) is 4.07. The molecule has 110 valence electrons. The molecule has 0 spiro atoms. The Labute approximate surface area is 117 Å². The molecule has 4 nitrogen and oxygen atoms in total. The van der Waals surface area contributed by atoms with E-state index >= 15 is 0 Å². The lowest BCUT2D eigenvalue weighted by Gasteiger charge is -2.14. The van der Waals surface area contributed by atoms with Gasteiger partial charge in [0.05, 0.1) is 25.4 Å². The van der Waals surface area contributed by atoms with Gasteiger partial charge in [0, 0.05) is 6.42 Å². The van der Waals surface area contributed by atoms with E-state index in [1.54, 1.807) is 13.8 Å². The minimum atomic E-state index is -0.872. The number of hydrogen-bond acceptors (Lipinski definition) is 4. The zero-order chi connectivity index (χ0) is 15.0. The molecule has 1 atom stereocenters. The molecule has 20 heavy (non-hydrogen) atoms. The molecule has 0 heterocycles. The van der Waals surface area contributed by atoms with E-state index in [0.29, 0.717) is 17.9 Å². The van der Waals surface area contributed by atoms with Crippen molar-refractivity contribution in [3.05, 3.63) is 47.5 Å². The first-order valence-electron chi connectivity index (χ1n) is 6.50. The Balaban J connectivity index is 2.74. The van der Waals surface area contributed by atoms with Gasteiger partial charge in [-0.25, -0.2) is 9.18 Å². The van der Waals surface area contributed by atoms with Crippen LogP contribution in [0, 0.1) is 5.82 Å². The van der Waals surface area contributed by atoms with Gasteiger partial charge in [0.1, 0.15) is 11.6 Å². The fourth-order valence-electron chi connectivity index (χ4n) is 1.65. The standard InChI is InChI=1S/C15H19FO4/c1-3-19-13(10-15(18)20-4-2)9-14(17)11-5-7-12(16)8-6-11/h5-8,10,14,17H,3-4,9H2,1-2H3/b13-10-/t14-/m1/s1. The smallest absolute Gasteiger partial charge is 0.334 e. The second-order valence-electron chi connectivity index (χ2n) is 4.07. The molecule has 0 amide bonds. The Morgan fingerprint density at radius 3 is 2.40 bits per heavy atom. The van der Waals surface area contributed by atoms with Crippen LogP contribution in [-0.4, -0.2) is 24.3 Å². The predicted molar refractivity (Wildman–Crippen MR) is 72.3 cm³/mol. The Morgan fingerprint density at radius 2 is 1.85 bits per heavy atom. The van der Waals surface area contributed by atoms with E-state index in [1.807, 2.05) is 0 Å². The summed E-state index contributed by atoms with van der Waals surface area (Å²) in [5.41, 5.74) is 0.556. The fourth-order valence-corrected chi connectivity index (χ4v) is 1.65. The minimum absolute atomic E-state index is 0.123. The molecule has 0 unspecified atom stereocenters. The van der Waals surface area contributed by atoms with Gasteiger partial charge in [-0.05, 0) is 31.5 Å². The lowest BCUT2D eigenvalue weighted by atomic mass is 10.1. The summed E-state index contributed by atoms with van der Waals surface area (Å²) in [5, 5.41) is 10.1. The highest BCUT2D eigenvalue weighted by molar-refractivity contribution is 5.82.